The number of benzene rings is 1. The molecule has 2 N–H and O–H groups in total. The van der Waals surface area contributed by atoms with Crippen molar-refractivity contribution in [2.24, 2.45) is 0 Å². The highest BCUT2D eigenvalue weighted by atomic mass is 16.1. The summed E-state index contributed by atoms with van der Waals surface area (Å²) in [6, 6.07) is 8.53. The van der Waals surface area contributed by atoms with Crippen molar-refractivity contribution in [1.82, 2.24) is 5.32 Å². The zero-order valence-corrected chi connectivity index (χ0v) is 13.4. The van der Waals surface area contributed by atoms with Crippen molar-refractivity contribution in [2.75, 3.05) is 29.9 Å². The van der Waals surface area contributed by atoms with Crippen molar-refractivity contribution in [3.63, 3.8) is 0 Å². The second-order valence-electron chi connectivity index (χ2n) is 5.71. The van der Waals surface area contributed by atoms with Crippen LogP contribution in [0.3, 0.4) is 0 Å². The fraction of sp³-hybridized carbons (Fsp3) is 0.471. The van der Waals surface area contributed by atoms with Crippen LogP contribution in [0.15, 0.2) is 35.4 Å². The van der Waals surface area contributed by atoms with E-state index in [1.807, 2.05) is 19.1 Å². The van der Waals surface area contributed by atoms with Crippen LogP contribution >= 0.6 is 0 Å². The van der Waals surface area contributed by atoms with Crippen LogP contribution in [0.25, 0.3) is 0 Å². The van der Waals surface area contributed by atoms with Gasteiger partial charge in [-0.05, 0) is 57.5 Å². The Bertz CT molecular complexity index is 525. The van der Waals surface area contributed by atoms with E-state index in [-0.39, 0.29) is 5.91 Å². The highest BCUT2D eigenvalue weighted by Gasteiger charge is 2.16. The number of anilines is 2. The first-order valence-corrected chi connectivity index (χ1v) is 7.60. The number of hydrogen-bond donors (Lipinski definition) is 2. The average molecular weight is 287 g/mol. The lowest BCUT2D eigenvalue weighted by molar-refractivity contribution is -0.112. The van der Waals surface area contributed by atoms with E-state index in [4.69, 9.17) is 0 Å². The summed E-state index contributed by atoms with van der Waals surface area (Å²) < 4.78 is 0. The van der Waals surface area contributed by atoms with E-state index in [1.54, 1.807) is 0 Å². The van der Waals surface area contributed by atoms with Gasteiger partial charge in [-0.15, -0.1) is 0 Å². The van der Waals surface area contributed by atoms with Gasteiger partial charge in [0.25, 0.3) is 5.91 Å². The summed E-state index contributed by atoms with van der Waals surface area (Å²) in [5.74, 6) is -0.00421. The van der Waals surface area contributed by atoms with Crippen LogP contribution in [-0.4, -0.2) is 31.6 Å². The van der Waals surface area contributed by atoms with Gasteiger partial charge in [0.15, 0.2) is 0 Å². The minimum absolute atomic E-state index is 0.00421. The van der Waals surface area contributed by atoms with Crippen LogP contribution in [0.2, 0.25) is 0 Å². The normalized spacial score (nSPS) is 13.9. The number of nitrogens with zero attached hydrogens (tertiary/aromatic N) is 1. The van der Waals surface area contributed by atoms with Crippen LogP contribution in [0.1, 0.15) is 27.7 Å². The molecule has 0 radical (unpaired) electrons. The van der Waals surface area contributed by atoms with E-state index >= 15 is 0 Å². The Morgan fingerprint density at radius 2 is 1.90 bits per heavy atom. The van der Waals surface area contributed by atoms with Gasteiger partial charge in [0, 0.05) is 42.6 Å². The van der Waals surface area contributed by atoms with E-state index in [2.05, 4.69) is 48.4 Å². The van der Waals surface area contributed by atoms with Crippen molar-refractivity contribution in [1.29, 1.82) is 0 Å². The van der Waals surface area contributed by atoms with Gasteiger partial charge in [-0.2, -0.15) is 0 Å². The lowest BCUT2D eigenvalue weighted by Crippen LogP contribution is -2.36. The van der Waals surface area contributed by atoms with Gasteiger partial charge >= 0.3 is 0 Å². The molecule has 0 atom stereocenters. The predicted octanol–water partition coefficient (Wildman–Crippen LogP) is 2.78. The van der Waals surface area contributed by atoms with Crippen LogP contribution in [0, 0.1) is 0 Å². The maximum absolute atomic E-state index is 12.1. The van der Waals surface area contributed by atoms with Crippen molar-refractivity contribution in [3.8, 4) is 0 Å². The summed E-state index contributed by atoms with van der Waals surface area (Å²) >= 11 is 0. The molecule has 21 heavy (non-hydrogen) atoms. The summed E-state index contributed by atoms with van der Waals surface area (Å²) in [5.41, 5.74) is 4.05. The predicted molar refractivity (Wildman–Crippen MR) is 88.8 cm³/mol. The van der Waals surface area contributed by atoms with Gasteiger partial charge in [-0.1, -0.05) is 0 Å². The zero-order chi connectivity index (χ0) is 15.4. The molecule has 1 aromatic carbocycles. The molecule has 1 fully saturated rings. The maximum Gasteiger partial charge on any atom is 0.251 e. The lowest BCUT2D eigenvalue weighted by atomic mass is 10.0. The van der Waals surface area contributed by atoms with Gasteiger partial charge in [0.1, 0.15) is 0 Å². The Morgan fingerprint density at radius 1 is 1.29 bits per heavy atom. The van der Waals surface area contributed by atoms with Gasteiger partial charge in [0.2, 0.25) is 0 Å². The third kappa shape index (κ3) is 3.64. The first-order valence-electron chi connectivity index (χ1n) is 7.60. The average Bonchev–Trinajstić information content (AvgIpc) is 2.39. The van der Waals surface area contributed by atoms with E-state index in [1.165, 1.54) is 11.3 Å². The second-order valence-corrected chi connectivity index (χ2v) is 5.71. The molecule has 0 spiro atoms. The van der Waals surface area contributed by atoms with E-state index in [9.17, 15) is 4.79 Å². The third-order valence-electron chi connectivity index (χ3n) is 3.97. The summed E-state index contributed by atoms with van der Waals surface area (Å²) in [5, 5.41) is 6.12. The quantitative estimate of drug-likeness (QED) is 0.819. The van der Waals surface area contributed by atoms with Gasteiger partial charge < -0.3 is 15.5 Å². The largest absolute Gasteiger partial charge is 0.369 e. The molecule has 0 bridgehead atoms. The van der Waals surface area contributed by atoms with Crippen LogP contribution in [0.4, 0.5) is 11.4 Å². The Kier molecular flexibility index (Phi) is 5.02. The molecule has 1 amide bonds. The number of carbonyl (C=O) groups excluding carboxylic acids is 1. The van der Waals surface area contributed by atoms with Gasteiger partial charge in [0.05, 0.1) is 0 Å². The van der Waals surface area contributed by atoms with Crippen LogP contribution in [0.5, 0.6) is 0 Å². The number of nitrogens with one attached hydrogen (secondary N) is 2. The number of rotatable bonds is 5. The third-order valence-corrected chi connectivity index (χ3v) is 3.97. The molecule has 1 aliphatic rings. The number of hydrogen-bond acceptors (Lipinski definition) is 3. The van der Waals surface area contributed by atoms with Crippen LogP contribution in [-0.2, 0) is 4.79 Å². The van der Waals surface area contributed by atoms with E-state index in [0.29, 0.717) is 6.04 Å². The summed E-state index contributed by atoms with van der Waals surface area (Å²) in [6.45, 7) is 11.0. The molecule has 114 valence electrons. The molecule has 1 aliphatic heterocycles. The summed E-state index contributed by atoms with van der Waals surface area (Å²) in [4.78, 5) is 14.4. The number of carbonyl (C=O) groups is 1. The minimum atomic E-state index is -0.00421. The Labute approximate surface area is 127 Å². The maximum atomic E-state index is 12.1. The highest BCUT2D eigenvalue weighted by Crippen LogP contribution is 2.20. The monoisotopic (exact) mass is 287 g/mol. The first-order chi connectivity index (χ1) is 10.0. The molecule has 0 aromatic heterocycles. The lowest BCUT2D eigenvalue weighted by Gasteiger charge is -2.27. The molecule has 1 aromatic rings. The summed E-state index contributed by atoms with van der Waals surface area (Å²) in [7, 11) is 0. The molecular formula is C17H25N3O. The molecule has 4 heteroatoms. The second kappa shape index (κ2) is 6.76. The molecule has 0 saturated carbocycles. The van der Waals surface area contributed by atoms with E-state index < -0.39 is 0 Å². The van der Waals surface area contributed by atoms with Crippen molar-refractivity contribution in [2.45, 2.75) is 33.7 Å². The molecule has 1 heterocycles. The molecular weight excluding hydrogens is 262 g/mol. The molecule has 4 nitrogen and oxygen atoms in total. The fourth-order valence-electron chi connectivity index (χ4n) is 2.48. The van der Waals surface area contributed by atoms with Crippen LogP contribution < -0.4 is 15.5 Å². The fourth-order valence-corrected chi connectivity index (χ4v) is 2.48. The molecule has 0 unspecified atom stereocenters. The van der Waals surface area contributed by atoms with Crippen molar-refractivity contribution < 1.29 is 4.79 Å². The molecule has 1 saturated heterocycles. The van der Waals surface area contributed by atoms with Crippen molar-refractivity contribution in [3.05, 3.63) is 35.4 Å². The number of amides is 1. The summed E-state index contributed by atoms with van der Waals surface area (Å²) in [6.07, 6.45) is 0. The highest BCUT2D eigenvalue weighted by molar-refractivity contribution is 6.04. The Morgan fingerprint density at radius 3 is 2.33 bits per heavy atom. The molecule has 2 rings (SSSR count). The molecule has 0 aliphatic carbocycles. The Balaban J connectivity index is 2.04. The standard InChI is InChI=1S/C17H25N3O/c1-5-20(12(2)3)16-8-6-15(7-9-16)19-17(21)13(4)14-10-18-11-14/h6-9,12,18H,5,10-11H2,1-4H3,(H,19,21). The smallest absolute Gasteiger partial charge is 0.251 e. The minimum Gasteiger partial charge on any atom is -0.369 e. The Hall–Kier alpha value is -1.81. The topological polar surface area (TPSA) is 44.4 Å². The van der Waals surface area contributed by atoms with Crippen molar-refractivity contribution >= 4 is 17.3 Å². The SMILES string of the molecule is CCN(c1ccc(NC(=O)C(C)=C2CNC2)cc1)C(C)C. The van der Waals surface area contributed by atoms with E-state index in [0.717, 1.165) is 30.9 Å². The first kappa shape index (κ1) is 15.6. The van der Waals surface area contributed by atoms with Gasteiger partial charge in [-0.3, -0.25) is 4.79 Å². The van der Waals surface area contributed by atoms with Gasteiger partial charge in [-0.25, -0.2) is 0 Å². The zero-order valence-electron chi connectivity index (χ0n) is 13.4.